The number of hydrogen-bond donors (Lipinski definition) is 1. The van der Waals surface area contributed by atoms with E-state index in [9.17, 15) is 0 Å². The summed E-state index contributed by atoms with van der Waals surface area (Å²) in [6.45, 7) is 1.16. The fourth-order valence-corrected chi connectivity index (χ4v) is 2.11. The van der Waals surface area contributed by atoms with Gasteiger partial charge in [0.05, 0.1) is 0 Å². The minimum atomic E-state index is 0. The van der Waals surface area contributed by atoms with Crippen LogP contribution in [-0.2, 0) is 0 Å². The van der Waals surface area contributed by atoms with Crippen molar-refractivity contribution < 1.29 is 0 Å². The first-order valence-electron chi connectivity index (χ1n) is 5.82. The molecule has 1 aliphatic heterocycles. The van der Waals surface area contributed by atoms with Gasteiger partial charge in [-0.2, -0.15) is 0 Å². The van der Waals surface area contributed by atoms with Gasteiger partial charge in [0.15, 0.2) is 0 Å². The minimum absolute atomic E-state index is 0. The van der Waals surface area contributed by atoms with E-state index in [1.807, 2.05) is 0 Å². The summed E-state index contributed by atoms with van der Waals surface area (Å²) < 4.78 is 0. The second-order valence-electron chi connectivity index (χ2n) is 4.28. The first kappa shape index (κ1) is 12.2. The van der Waals surface area contributed by atoms with Crippen LogP contribution in [0.3, 0.4) is 0 Å². The van der Waals surface area contributed by atoms with Gasteiger partial charge in [0, 0.05) is 6.04 Å². The monoisotopic (exact) mass is 245 g/mol. The fourth-order valence-electron chi connectivity index (χ4n) is 2.11. The normalized spacial score (nSPS) is 18.0. The Bertz CT molecular complexity index is 460. The van der Waals surface area contributed by atoms with Gasteiger partial charge in [0.1, 0.15) is 0 Å². The molecule has 2 aromatic rings. The third-order valence-corrected chi connectivity index (χ3v) is 3.24. The summed E-state index contributed by atoms with van der Waals surface area (Å²) in [5.74, 6) is 0. The van der Waals surface area contributed by atoms with Crippen molar-refractivity contribution in [3.05, 3.63) is 60.2 Å². The molecule has 0 spiro atoms. The van der Waals surface area contributed by atoms with E-state index in [1.54, 1.807) is 0 Å². The molecule has 1 fully saturated rings. The molecule has 1 N–H and O–H groups in total. The van der Waals surface area contributed by atoms with Gasteiger partial charge in [0.25, 0.3) is 0 Å². The van der Waals surface area contributed by atoms with E-state index in [1.165, 1.54) is 23.1 Å². The maximum Gasteiger partial charge on any atom is 0.0332 e. The van der Waals surface area contributed by atoms with Crippen LogP contribution in [0.2, 0.25) is 0 Å². The first-order valence-corrected chi connectivity index (χ1v) is 5.82. The average Bonchev–Trinajstić information content (AvgIpc) is 2.29. The van der Waals surface area contributed by atoms with Gasteiger partial charge in [0.2, 0.25) is 0 Å². The van der Waals surface area contributed by atoms with E-state index in [0.717, 1.165) is 6.54 Å². The van der Waals surface area contributed by atoms with Crippen molar-refractivity contribution in [2.75, 3.05) is 6.54 Å². The van der Waals surface area contributed by atoms with E-state index in [2.05, 4.69) is 59.9 Å². The Hall–Kier alpha value is -1.31. The van der Waals surface area contributed by atoms with Crippen molar-refractivity contribution >= 4 is 12.4 Å². The van der Waals surface area contributed by atoms with Gasteiger partial charge in [-0.25, -0.2) is 0 Å². The molecule has 0 saturated carbocycles. The van der Waals surface area contributed by atoms with Crippen LogP contribution in [0, 0.1) is 0 Å². The lowest BCUT2D eigenvalue weighted by atomic mass is 9.95. The van der Waals surface area contributed by atoms with Crippen LogP contribution in [0.1, 0.15) is 18.0 Å². The Morgan fingerprint density at radius 1 is 0.824 bits per heavy atom. The molecule has 1 saturated heterocycles. The van der Waals surface area contributed by atoms with Gasteiger partial charge in [-0.05, 0) is 29.7 Å². The second kappa shape index (κ2) is 5.35. The molecular weight excluding hydrogens is 230 g/mol. The Kier molecular flexibility index (Phi) is 3.82. The van der Waals surface area contributed by atoms with Crippen LogP contribution in [0.5, 0.6) is 0 Å². The van der Waals surface area contributed by atoms with Gasteiger partial charge < -0.3 is 5.32 Å². The molecule has 0 amide bonds. The Labute approximate surface area is 108 Å². The summed E-state index contributed by atoms with van der Waals surface area (Å²) >= 11 is 0. The van der Waals surface area contributed by atoms with E-state index >= 15 is 0 Å². The maximum atomic E-state index is 3.42. The predicted octanol–water partition coefficient (Wildman–Crippen LogP) is 3.81. The van der Waals surface area contributed by atoms with Crippen LogP contribution in [0.15, 0.2) is 54.6 Å². The molecular formula is C15H16ClN. The zero-order valence-corrected chi connectivity index (χ0v) is 10.4. The molecule has 17 heavy (non-hydrogen) atoms. The smallest absolute Gasteiger partial charge is 0.0332 e. The molecule has 0 aromatic heterocycles. The number of hydrogen-bond acceptors (Lipinski definition) is 1. The summed E-state index contributed by atoms with van der Waals surface area (Å²) in [5.41, 5.74) is 3.99. The summed E-state index contributed by atoms with van der Waals surface area (Å²) in [6, 6.07) is 20.0. The van der Waals surface area contributed by atoms with Crippen molar-refractivity contribution in [2.45, 2.75) is 12.5 Å². The summed E-state index contributed by atoms with van der Waals surface area (Å²) in [4.78, 5) is 0. The molecule has 0 aliphatic carbocycles. The largest absolute Gasteiger partial charge is 0.310 e. The number of benzene rings is 2. The van der Waals surface area contributed by atoms with Gasteiger partial charge in [-0.1, -0.05) is 54.6 Å². The van der Waals surface area contributed by atoms with Crippen molar-refractivity contribution in [1.82, 2.24) is 5.32 Å². The van der Waals surface area contributed by atoms with E-state index in [4.69, 9.17) is 0 Å². The third-order valence-electron chi connectivity index (χ3n) is 3.24. The van der Waals surface area contributed by atoms with Crippen LogP contribution in [-0.4, -0.2) is 6.54 Å². The highest BCUT2D eigenvalue weighted by Gasteiger charge is 2.17. The van der Waals surface area contributed by atoms with Crippen molar-refractivity contribution in [2.24, 2.45) is 0 Å². The molecule has 1 atom stereocenters. The lowest BCUT2D eigenvalue weighted by Crippen LogP contribution is -2.34. The topological polar surface area (TPSA) is 12.0 Å². The van der Waals surface area contributed by atoms with E-state index < -0.39 is 0 Å². The fraction of sp³-hybridized carbons (Fsp3) is 0.200. The van der Waals surface area contributed by atoms with Gasteiger partial charge in [-0.3, -0.25) is 0 Å². The summed E-state index contributed by atoms with van der Waals surface area (Å²) in [6.07, 6.45) is 1.27. The van der Waals surface area contributed by atoms with Crippen molar-refractivity contribution in [3.8, 4) is 11.1 Å². The molecule has 0 radical (unpaired) electrons. The first-order chi connectivity index (χ1) is 7.93. The SMILES string of the molecule is Cl.c1ccc(-c2ccc([C@H]3CCN3)cc2)cc1. The highest BCUT2D eigenvalue weighted by atomic mass is 35.5. The van der Waals surface area contributed by atoms with E-state index in [-0.39, 0.29) is 12.4 Å². The number of nitrogens with one attached hydrogen (secondary N) is 1. The standard InChI is InChI=1S/C15H15N.ClH/c1-2-4-12(5-3-1)13-6-8-14(9-7-13)15-10-11-16-15;/h1-9,15-16H,10-11H2;1H/t15-;/m1./s1. The summed E-state index contributed by atoms with van der Waals surface area (Å²) in [7, 11) is 0. The molecule has 0 unspecified atom stereocenters. The summed E-state index contributed by atoms with van der Waals surface area (Å²) in [5, 5.41) is 3.42. The van der Waals surface area contributed by atoms with Crippen LogP contribution < -0.4 is 5.32 Å². The van der Waals surface area contributed by atoms with Crippen molar-refractivity contribution in [1.29, 1.82) is 0 Å². The van der Waals surface area contributed by atoms with Crippen LogP contribution in [0.4, 0.5) is 0 Å². The van der Waals surface area contributed by atoms with Crippen molar-refractivity contribution in [3.63, 3.8) is 0 Å². The number of halogens is 1. The highest BCUT2D eigenvalue weighted by Crippen LogP contribution is 2.25. The Morgan fingerprint density at radius 3 is 1.94 bits per heavy atom. The molecule has 1 aliphatic rings. The molecule has 88 valence electrons. The average molecular weight is 246 g/mol. The molecule has 1 heterocycles. The number of rotatable bonds is 2. The molecule has 1 nitrogen and oxygen atoms in total. The van der Waals surface area contributed by atoms with Crippen LogP contribution in [0.25, 0.3) is 11.1 Å². The van der Waals surface area contributed by atoms with Gasteiger partial charge >= 0.3 is 0 Å². The molecule has 3 rings (SSSR count). The van der Waals surface area contributed by atoms with Gasteiger partial charge in [-0.15, -0.1) is 12.4 Å². The highest BCUT2D eigenvalue weighted by molar-refractivity contribution is 5.85. The minimum Gasteiger partial charge on any atom is -0.310 e. The second-order valence-corrected chi connectivity index (χ2v) is 4.28. The van der Waals surface area contributed by atoms with Crippen LogP contribution >= 0.6 is 12.4 Å². The molecule has 2 aromatic carbocycles. The lowest BCUT2D eigenvalue weighted by molar-refractivity contribution is 0.383. The van der Waals surface area contributed by atoms with E-state index in [0.29, 0.717) is 6.04 Å². The zero-order chi connectivity index (χ0) is 10.8. The lowest BCUT2D eigenvalue weighted by Gasteiger charge is -2.28. The quantitative estimate of drug-likeness (QED) is 0.849. The molecule has 0 bridgehead atoms. The Balaban J connectivity index is 0.00000108. The zero-order valence-electron chi connectivity index (χ0n) is 9.60. The predicted molar refractivity (Wildman–Crippen MR) is 74.5 cm³/mol. The Morgan fingerprint density at radius 2 is 1.41 bits per heavy atom. The molecule has 2 heteroatoms. The third kappa shape index (κ3) is 2.51. The maximum absolute atomic E-state index is 3.42.